The van der Waals surface area contributed by atoms with E-state index >= 15 is 0 Å². The second-order valence-corrected chi connectivity index (χ2v) is 8.46. The van der Waals surface area contributed by atoms with E-state index in [0.717, 1.165) is 0 Å². The van der Waals surface area contributed by atoms with Crippen LogP contribution in [0, 0.1) is 0 Å². The Kier molecular flexibility index (Phi) is 3.14. The number of carbonyl (C=O) groups excluding carboxylic acids is 1. The first-order valence-electron chi connectivity index (χ1n) is 8.39. The molecule has 1 spiro atoms. The normalized spacial score (nSPS) is 31.3. The molecule has 1 amide bonds. The smallest absolute Gasteiger partial charge is 0.247 e. The van der Waals surface area contributed by atoms with Gasteiger partial charge in [0.25, 0.3) is 0 Å². The number of hydrogen-bond donors (Lipinski definition) is 0. The second-order valence-electron chi connectivity index (χ2n) is 6.60. The molecular weight excluding hydrogens is 348 g/mol. The number of nitrogens with zero attached hydrogens (tertiary/aromatic N) is 2. The van der Waals surface area contributed by atoms with Crippen molar-refractivity contribution in [2.75, 3.05) is 32.9 Å². The summed E-state index contributed by atoms with van der Waals surface area (Å²) in [6.07, 6.45) is 0.653. The lowest BCUT2D eigenvalue weighted by Crippen LogP contribution is -2.48. The van der Waals surface area contributed by atoms with Crippen LogP contribution in [0.3, 0.4) is 0 Å². The summed E-state index contributed by atoms with van der Waals surface area (Å²) in [7, 11) is -3.83. The van der Waals surface area contributed by atoms with E-state index in [4.69, 9.17) is 14.2 Å². The number of hydrogen-bond acceptors (Lipinski definition) is 6. The number of para-hydroxylation sites is 1. The van der Waals surface area contributed by atoms with Crippen molar-refractivity contribution >= 4 is 15.9 Å². The minimum Gasteiger partial charge on any atom is -0.486 e. The summed E-state index contributed by atoms with van der Waals surface area (Å²) < 4.78 is 45.1. The Morgan fingerprint density at radius 1 is 1.12 bits per heavy atom. The molecule has 0 N–H and O–H groups in total. The van der Waals surface area contributed by atoms with Gasteiger partial charge < -0.3 is 19.1 Å². The van der Waals surface area contributed by atoms with Gasteiger partial charge in [0.05, 0.1) is 12.6 Å². The molecule has 0 bridgehead atoms. The van der Waals surface area contributed by atoms with Crippen LogP contribution in [-0.2, 0) is 19.6 Å². The maximum Gasteiger partial charge on any atom is 0.247 e. The number of benzene rings is 1. The number of rotatable bonds is 2. The number of carbonyl (C=O) groups is 1. The van der Waals surface area contributed by atoms with Crippen molar-refractivity contribution in [3.05, 3.63) is 18.2 Å². The SMILES string of the molecule is O=C1C[C@H]2N(S(=O)(=O)c3cccc4c3OCCO4)CC[C@]23OCCN13. The molecule has 0 aliphatic carbocycles. The van der Waals surface area contributed by atoms with Crippen LogP contribution in [0.2, 0.25) is 0 Å². The minimum atomic E-state index is -3.83. The molecule has 3 saturated heterocycles. The Labute approximate surface area is 145 Å². The van der Waals surface area contributed by atoms with Crippen LogP contribution in [0.5, 0.6) is 11.5 Å². The maximum absolute atomic E-state index is 13.3. The molecule has 4 heterocycles. The first kappa shape index (κ1) is 15.4. The molecule has 4 aliphatic heterocycles. The van der Waals surface area contributed by atoms with Gasteiger partial charge in [-0.1, -0.05) is 6.07 Å². The first-order chi connectivity index (χ1) is 12.0. The van der Waals surface area contributed by atoms with Gasteiger partial charge in [0, 0.05) is 25.9 Å². The van der Waals surface area contributed by atoms with Gasteiger partial charge in [0.1, 0.15) is 18.1 Å². The molecule has 134 valence electrons. The Bertz CT molecular complexity index is 856. The van der Waals surface area contributed by atoms with Crippen molar-refractivity contribution in [1.29, 1.82) is 0 Å². The minimum absolute atomic E-state index is 0.0444. The fourth-order valence-corrected chi connectivity index (χ4v) is 6.22. The van der Waals surface area contributed by atoms with E-state index in [2.05, 4.69) is 0 Å². The van der Waals surface area contributed by atoms with Crippen molar-refractivity contribution in [2.24, 2.45) is 0 Å². The fourth-order valence-electron chi connectivity index (χ4n) is 4.42. The van der Waals surface area contributed by atoms with Gasteiger partial charge in [-0.3, -0.25) is 4.79 Å². The molecule has 2 atom stereocenters. The summed E-state index contributed by atoms with van der Waals surface area (Å²) in [5.41, 5.74) is -0.795. The predicted octanol–water partition coefficient (Wildman–Crippen LogP) is 0.180. The number of amides is 1. The lowest BCUT2D eigenvalue weighted by atomic mass is 10.1. The highest BCUT2D eigenvalue weighted by atomic mass is 32.2. The van der Waals surface area contributed by atoms with Crippen LogP contribution in [0.15, 0.2) is 23.1 Å². The van der Waals surface area contributed by atoms with Crippen molar-refractivity contribution < 1.29 is 27.4 Å². The van der Waals surface area contributed by atoms with Gasteiger partial charge in [0.2, 0.25) is 15.9 Å². The molecule has 25 heavy (non-hydrogen) atoms. The highest BCUT2D eigenvalue weighted by Crippen LogP contribution is 2.48. The Hall–Kier alpha value is -1.84. The average molecular weight is 366 g/mol. The van der Waals surface area contributed by atoms with Crippen LogP contribution < -0.4 is 9.47 Å². The van der Waals surface area contributed by atoms with Gasteiger partial charge in [-0.25, -0.2) is 8.42 Å². The molecule has 4 aliphatic rings. The quantitative estimate of drug-likeness (QED) is 0.742. The van der Waals surface area contributed by atoms with Crippen LogP contribution in [0.4, 0.5) is 0 Å². The summed E-state index contributed by atoms with van der Waals surface area (Å²) in [5, 5.41) is 0. The zero-order chi connectivity index (χ0) is 17.2. The molecule has 3 fully saturated rings. The van der Waals surface area contributed by atoms with E-state index in [9.17, 15) is 13.2 Å². The fraction of sp³-hybridized carbons (Fsp3) is 0.562. The zero-order valence-electron chi connectivity index (χ0n) is 13.5. The Balaban J connectivity index is 1.57. The van der Waals surface area contributed by atoms with Crippen LogP contribution in [-0.4, -0.2) is 68.2 Å². The Morgan fingerprint density at radius 2 is 1.96 bits per heavy atom. The molecule has 8 nitrogen and oxygen atoms in total. The molecule has 9 heteroatoms. The molecular formula is C16H18N2O6S. The molecule has 5 rings (SSSR count). The highest BCUT2D eigenvalue weighted by Gasteiger charge is 2.64. The molecule has 0 saturated carbocycles. The zero-order valence-corrected chi connectivity index (χ0v) is 14.3. The van der Waals surface area contributed by atoms with Crippen LogP contribution in [0.1, 0.15) is 12.8 Å². The van der Waals surface area contributed by atoms with E-state index in [-0.39, 0.29) is 23.0 Å². The monoisotopic (exact) mass is 366 g/mol. The van der Waals surface area contributed by atoms with E-state index < -0.39 is 21.8 Å². The van der Waals surface area contributed by atoms with Crippen LogP contribution in [0.25, 0.3) is 0 Å². The molecule has 1 aromatic carbocycles. The average Bonchev–Trinajstić information content (AvgIpc) is 3.25. The van der Waals surface area contributed by atoms with E-state index in [1.165, 1.54) is 10.4 Å². The van der Waals surface area contributed by atoms with Gasteiger partial charge >= 0.3 is 0 Å². The molecule has 1 aromatic rings. The van der Waals surface area contributed by atoms with Crippen molar-refractivity contribution in [3.63, 3.8) is 0 Å². The summed E-state index contributed by atoms with van der Waals surface area (Å²) >= 11 is 0. The summed E-state index contributed by atoms with van der Waals surface area (Å²) in [6, 6.07) is 4.37. The largest absolute Gasteiger partial charge is 0.486 e. The van der Waals surface area contributed by atoms with E-state index in [1.54, 1.807) is 17.0 Å². The van der Waals surface area contributed by atoms with Gasteiger partial charge in [-0.2, -0.15) is 4.31 Å². The maximum atomic E-state index is 13.3. The number of ether oxygens (including phenoxy) is 3. The van der Waals surface area contributed by atoms with Gasteiger partial charge in [-0.05, 0) is 12.1 Å². The van der Waals surface area contributed by atoms with Gasteiger partial charge in [0.15, 0.2) is 17.2 Å². The summed E-state index contributed by atoms with van der Waals surface area (Å²) in [6.45, 7) is 2.00. The highest BCUT2D eigenvalue weighted by molar-refractivity contribution is 7.89. The first-order valence-corrected chi connectivity index (χ1v) is 9.83. The van der Waals surface area contributed by atoms with E-state index in [0.29, 0.717) is 45.1 Å². The third-order valence-corrected chi connectivity index (χ3v) is 7.40. The molecule has 0 aromatic heterocycles. The van der Waals surface area contributed by atoms with Crippen molar-refractivity contribution in [2.45, 2.75) is 29.5 Å². The standard InChI is InChI=1S/C16H18N2O6S/c19-14-10-13-16(17(14)6-7-24-16)4-5-18(13)25(20,21)12-3-1-2-11-15(12)23-9-8-22-11/h1-3,13H,4-10H2/t13-,16+/m1/s1. The second kappa shape index (κ2) is 5.09. The van der Waals surface area contributed by atoms with Crippen LogP contribution >= 0.6 is 0 Å². The van der Waals surface area contributed by atoms with Gasteiger partial charge in [-0.15, -0.1) is 0 Å². The third kappa shape index (κ3) is 1.94. The van der Waals surface area contributed by atoms with Crippen molar-refractivity contribution in [3.8, 4) is 11.5 Å². The summed E-state index contributed by atoms with van der Waals surface area (Å²) in [4.78, 5) is 14.1. The third-order valence-electron chi connectivity index (χ3n) is 5.47. The predicted molar refractivity (Wildman–Crippen MR) is 84.7 cm³/mol. The van der Waals surface area contributed by atoms with Crippen molar-refractivity contribution in [1.82, 2.24) is 9.21 Å². The summed E-state index contributed by atoms with van der Waals surface area (Å²) in [5.74, 6) is 0.641. The molecule has 0 unspecified atom stereocenters. The Morgan fingerprint density at radius 3 is 2.84 bits per heavy atom. The lowest BCUT2D eigenvalue weighted by Gasteiger charge is -2.31. The topological polar surface area (TPSA) is 85.4 Å². The lowest BCUT2D eigenvalue weighted by molar-refractivity contribution is -0.136. The number of fused-ring (bicyclic) bond motifs is 1. The number of sulfonamides is 1. The molecule has 0 radical (unpaired) electrons. The van der Waals surface area contributed by atoms with E-state index in [1.807, 2.05) is 0 Å².